The normalized spacial score (nSPS) is 23.5. The van der Waals surface area contributed by atoms with Gasteiger partial charge in [-0.15, -0.1) is 0 Å². The summed E-state index contributed by atoms with van der Waals surface area (Å²) in [6, 6.07) is 30.9. The van der Waals surface area contributed by atoms with Crippen LogP contribution < -0.4 is 21.3 Å². The van der Waals surface area contributed by atoms with Crippen LogP contribution in [0.3, 0.4) is 0 Å². The van der Waals surface area contributed by atoms with Crippen molar-refractivity contribution in [2.24, 2.45) is 11.8 Å². The summed E-state index contributed by atoms with van der Waals surface area (Å²) in [7, 11) is 0. The van der Waals surface area contributed by atoms with Gasteiger partial charge in [0.25, 0.3) is 11.8 Å². The lowest BCUT2D eigenvalue weighted by Crippen LogP contribution is -2.54. The second kappa shape index (κ2) is 21.1. The number of nitrogens with zero attached hydrogens (tertiary/aromatic N) is 2. The molecule has 0 spiro atoms. The fourth-order valence-electron chi connectivity index (χ4n) is 14.6. The molecular weight excluding hydrogens is 981 g/mol. The van der Waals surface area contributed by atoms with Crippen molar-refractivity contribution in [1.82, 2.24) is 20.4 Å². The molecule has 5 aromatic carbocycles. The Balaban J connectivity index is 0.894. The van der Waals surface area contributed by atoms with Crippen molar-refractivity contribution in [2.75, 3.05) is 23.8 Å². The highest BCUT2D eigenvalue weighted by Crippen LogP contribution is 2.57. The summed E-state index contributed by atoms with van der Waals surface area (Å²) in [6.45, 7) is 13.1. The Bertz CT molecular complexity index is 2970. The van der Waals surface area contributed by atoms with E-state index in [0.717, 1.165) is 75.3 Å². The van der Waals surface area contributed by atoms with Gasteiger partial charge in [0.15, 0.2) is 0 Å². The smallest absolute Gasteiger partial charge is 0.408 e. The standard InChI is InChI=1S/C64H72N6O8/c1-7-77-61(75)67-53(37-17-11-9-12-18-37)59(73)69-45-27-25-41(35-45)55(69)57(71)65-43-23-15-21-39(33-43)49-47-29-31-64(5,6)52(47)50(48-30-32-63(3,4)51(48)49)40-22-16-24-44(34-40)66-58(72)56-42-26-28-46(36-42)70(56)60(74)54(68-62(76)78-8-2)38-19-13-10-14-20-38/h9-24,33-34,41-42,45-46,53-56H,7-8,25-32,35-36H2,1-6H3,(H,65,71)(H,66,72)(H,67,75)(H,68,76)/t41?,42?,45?,46?,53-,54?,55?,56?/m1/s1. The number of hydrogen-bond donors (Lipinski definition) is 4. The molecule has 14 nitrogen and oxygen atoms in total. The molecule has 11 rings (SSSR count). The van der Waals surface area contributed by atoms with E-state index >= 15 is 0 Å². The average Bonchev–Trinajstić information content (AvgIpc) is 4.48. The number of rotatable bonds is 14. The quantitative estimate of drug-likeness (QED) is 0.0850. The van der Waals surface area contributed by atoms with E-state index in [4.69, 9.17) is 9.47 Å². The molecule has 406 valence electrons. The molecule has 8 atom stereocenters. The number of piperidine rings is 2. The van der Waals surface area contributed by atoms with E-state index in [1.54, 1.807) is 47.9 Å². The molecular formula is C64H72N6O8. The topological polar surface area (TPSA) is 175 Å². The molecule has 5 aromatic rings. The largest absolute Gasteiger partial charge is 0.450 e. The molecule has 0 aromatic heterocycles. The van der Waals surface area contributed by atoms with Crippen molar-refractivity contribution in [3.8, 4) is 22.3 Å². The van der Waals surface area contributed by atoms with Gasteiger partial charge in [0, 0.05) is 23.5 Å². The number of ether oxygens (including phenoxy) is 2. The van der Waals surface area contributed by atoms with Crippen molar-refractivity contribution >= 4 is 47.2 Å². The number of carbonyl (C=O) groups excluding carboxylic acids is 6. The fourth-order valence-corrected chi connectivity index (χ4v) is 14.6. The van der Waals surface area contributed by atoms with Crippen molar-refractivity contribution in [1.29, 1.82) is 0 Å². The van der Waals surface area contributed by atoms with Crippen LogP contribution in [0.2, 0.25) is 0 Å². The minimum absolute atomic E-state index is 0.00823. The molecule has 2 saturated heterocycles. The summed E-state index contributed by atoms with van der Waals surface area (Å²) < 4.78 is 10.4. The van der Waals surface area contributed by atoms with Crippen molar-refractivity contribution in [3.05, 3.63) is 143 Å². The van der Waals surface area contributed by atoms with Crippen LogP contribution in [-0.2, 0) is 52.3 Å². The number of amides is 6. The summed E-state index contributed by atoms with van der Waals surface area (Å²) in [6.07, 6.45) is 6.99. The second-order valence-electron chi connectivity index (χ2n) is 23.6. The SMILES string of the molecule is CCOC(=O)NC(C(=O)N1C2CCC(C2)C1C(=O)Nc1cccc(-c2c3c(c(-c4cccc(NC(=O)C5C6CCC(C6)N5C(=O)[C@H](NC(=O)OCC)c5ccccc5)c4)c4c2C(C)(C)CC4)C(C)(C)CC3)c1)c1ccccc1. The van der Waals surface area contributed by atoms with Crippen molar-refractivity contribution in [3.63, 3.8) is 0 Å². The molecule has 2 aliphatic heterocycles. The molecule has 2 heterocycles. The summed E-state index contributed by atoms with van der Waals surface area (Å²) >= 11 is 0. The van der Waals surface area contributed by atoms with E-state index in [1.165, 1.54) is 33.4 Å². The fraction of sp³-hybridized carbons (Fsp3) is 0.438. The molecule has 14 heteroatoms. The lowest BCUT2D eigenvalue weighted by atomic mass is 9.73. The Hall–Kier alpha value is -7.48. The van der Waals surface area contributed by atoms with Crippen LogP contribution in [-0.4, -0.2) is 83.0 Å². The van der Waals surface area contributed by atoms with E-state index in [1.807, 2.05) is 60.7 Å². The number of carbonyl (C=O) groups is 6. The Morgan fingerprint density at radius 3 is 1.32 bits per heavy atom. The van der Waals surface area contributed by atoms with Gasteiger partial charge >= 0.3 is 12.2 Å². The maximum absolute atomic E-state index is 14.7. The van der Waals surface area contributed by atoms with Gasteiger partial charge in [-0.25, -0.2) is 9.59 Å². The Morgan fingerprint density at radius 2 is 0.936 bits per heavy atom. The minimum atomic E-state index is -1.01. The summed E-state index contributed by atoms with van der Waals surface area (Å²) in [5, 5.41) is 12.1. The molecule has 4 bridgehead atoms. The molecule has 6 aliphatic rings. The molecule has 2 saturated carbocycles. The van der Waals surface area contributed by atoms with Crippen molar-refractivity contribution < 1.29 is 38.2 Å². The molecule has 0 radical (unpaired) electrons. The zero-order valence-electron chi connectivity index (χ0n) is 45.7. The molecule has 4 fully saturated rings. The predicted molar refractivity (Wildman–Crippen MR) is 299 cm³/mol. The van der Waals surface area contributed by atoms with Crippen LogP contribution in [0.4, 0.5) is 21.0 Å². The third-order valence-electron chi connectivity index (χ3n) is 17.9. The van der Waals surface area contributed by atoms with E-state index in [9.17, 15) is 28.8 Å². The van der Waals surface area contributed by atoms with Crippen molar-refractivity contribution in [2.45, 2.75) is 153 Å². The number of benzene rings is 5. The summed E-state index contributed by atoms with van der Waals surface area (Å²) in [5.41, 5.74) is 11.9. The lowest BCUT2D eigenvalue weighted by molar-refractivity contribution is -0.142. The minimum Gasteiger partial charge on any atom is -0.450 e. The van der Waals surface area contributed by atoms with Gasteiger partial charge in [0.2, 0.25) is 11.8 Å². The Labute approximate surface area is 457 Å². The van der Waals surface area contributed by atoms with Gasteiger partial charge in [-0.2, -0.15) is 0 Å². The van der Waals surface area contributed by atoms with Crippen LogP contribution in [0.25, 0.3) is 22.3 Å². The third-order valence-corrected chi connectivity index (χ3v) is 17.9. The van der Waals surface area contributed by atoms with Crippen LogP contribution in [0.15, 0.2) is 109 Å². The number of alkyl carbamates (subject to hydrolysis) is 2. The predicted octanol–water partition coefficient (Wildman–Crippen LogP) is 11.1. The first-order valence-corrected chi connectivity index (χ1v) is 28.2. The molecule has 78 heavy (non-hydrogen) atoms. The Kier molecular flexibility index (Phi) is 14.2. The highest BCUT2D eigenvalue weighted by Gasteiger charge is 2.54. The van der Waals surface area contributed by atoms with Crippen LogP contribution in [0.5, 0.6) is 0 Å². The maximum atomic E-state index is 14.7. The van der Waals surface area contributed by atoms with E-state index in [2.05, 4.69) is 73.2 Å². The number of fused-ring (bicyclic) bond motifs is 6. The van der Waals surface area contributed by atoms with Gasteiger partial charge in [-0.3, -0.25) is 19.2 Å². The van der Waals surface area contributed by atoms with Gasteiger partial charge in [0.05, 0.1) is 13.2 Å². The van der Waals surface area contributed by atoms with Gasteiger partial charge in [-0.05, 0) is 181 Å². The number of nitrogens with one attached hydrogen (secondary N) is 4. The van der Waals surface area contributed by atoms with E-state index < -0.39 is 36.4 Å². The number of anilines is 2. The van der Waals surface area contributed by atoms with Gasteiger partial charge < -0.3 is 40.5 Å². The first-order valence-electron chi connectivity index (χ1n) is 28.2. The third kappa shape index (κ3) is 9.59. The summed E-state index contributed by atoms with van der Waals surface area (Å²) in [5.74, 6) is -1.14. The molecule has 6 amide bonds. The van der Waals surface area contributed by atoms with E-state index in [-0.39, 0.29) is 71.6 Å². The van der Waals surface area contributed by atoms with Crippen LogP contribution >= 0.6 is 0 Å². The Morgan fingerprint density at radius 1 is 0.538 bits per heavy atom. The molecule has 7 unspecified atom stereocenters. The van der Waals surface area contributed by atoms with Crippen LogP contribution in [0.1, 0.15) is 138 Å². The van der Waals surface area contributed by atoms with Gasteiger partial charge in [0.1, 0.15) is 24.2 Å². The number of likely N-dealkylation sites (tertiary alicyclic amines) is 2. The number of hydrogen-bond acceptors (Lipinski definition) is 8. The van der Waals surface area contributed by atoms with E-state index in [0.29, 0.717) is 22.5 Å². The highest BCUT2D eigenvalue weighted by atomic mass is 16.6. The lowest BCUT2D eigenvalue weighted by Gasteiger charge is -2.37. The zero-order chi connectivity index (χ0) is 54.6. The first-order chi connectivity index (χ1) is 37.6. The van der Waals surface area contributed by atoms with Gasteiger partial charge in [-0.1, -0.05) is 113 Å². The zero-order valence-corrected chi connectivity index (χ0v) is 45.7. The first kappa shape index (κ1) is 52.6. The monoisotopic (exact) mass is 1050 g/mol. The second-order valence-corrected chi connectivity index (χ2v) is 23.6. The molecule has 4 aliphatic carbocycles. The average molecular weight is 1050 g/mol. The van der Waals surface area contributed by atoms with Crippen LogP contribution in [0, 0.1) is 11.8 Å². The summed E-state index contributed by atoms with van der Waals surface area (Å²) in [4.78, 5) is 87.8. The molecule has 4 N–H and O–H groups in total. The highest BCUT2D eigenvalue weighted by molar-refractivity contribution is 6.02. The maximum Gasteiger partial charge on any atom is 0.408 e.